The summed E-state index contributed by atoms with van der Waals surface area (Å²) < 4.78 is 11.3. The van der Waals surface area contributed by atoms with Crippen LogP contribution < -0.4 is 14.8 Å². The zero-order valence-corrected chi connectivity index (χ0v) is 19.4. The average molecular weight is 441 g/mol. The fraction of sp³-hybridized carbons (Fsp3) is 0.214. The molecule has 0 bridgehead atoms. The molecular weight excluding hydrogens is 412 g/mol. The van der Waals surface area contributed by atoms with Gasteiger partial charge in [-0.15, -0.1) is 0 Å². The van der Waals surface area contributed by atoms with Crippen molar-refractivity contribution in [3.63, 3.8) is 0 Å². The molecule has 1 unspecified atom stereocenters. The topological polar surface area (TPSA) is 71.3 Å². The van der Waals surface area contributed by atoms with Gasteiger partial charge in [0.05, 0.1) is 13.2 Å². The van der Waals surface area contributed by atoms with Crippen molar-refractivity contribution >= 4 is 12.0 Å². The molecule has 0 aliphatic carbocycles. The number of carbonyl (C=O) groups excluding carboxylic acids is 1. The Morgan fingerprint density at radius 2 is 1.79 bits per heavy atom. The van der Waals surface area contributed by atoms with E-state index in [4.69, 9.17) is 9.47 Å². The van der Waals surface area contributed by atoms with E-state index < -0.39 is 5.91 Å². The molecule has 0 radical (unpaired) electrons. The molecule has 0 fully saturated rings. The summed E-state index contributed by atoms with van der Waals surface area (Å²) in [7, 11) is 1.56. The van der Waals surface area contributed by atoms with Gasteiger partial charge in [0.15, 0.2) is 11.5 Å². The Balaban J connectivity index is 1.73. The normalized spacial score (nSPS) is 11.9. The van der Waals surface area contributed by atoms with Gasteiger partial charge in [-0.2, -0.15) is 5.26 Å². The summed E-state index contributed by atoms with van der Waals surface area (Å²) in [6.45, 7) is 6.40. The van der Waals surface area contributed by atoms with Crippen LogP contribution in [-0.2, 0) is 11.4 Å². The molecule has 5 nitrogen and oxygen atoms in total. The lowest BCUT2D eigenvalue weighted by molar-refractivity contribution is -0.117. The van der Waals surface area contributed by atoms with Crippen molar-refractivity contribution in [2.45, 2.75) is 33.4 Å². The van der Waals surface area contributed by atoms with Crippen molar-refractivity contribution in [3.8, 4) is 17.6 Å². The summed E-state index contributed by atoms with van der Waals surface area (Å²) in [5.74, 6) is 0.692. The summed E-state index contributed by atoms with van der Waals surface area (Å²) in [6.07, 6.45) is 1.55. The minimum absolute atomic E-state index is 0.0192. The molecule has 3 rings (SSSR count). The Kier molecular flexibility index (Phi) is 7.88. The fourth-order valence-electron chi connectivity index (χ4n) is 3.34. The Morgan fingerprint density at radius 1 is 1.03 bits per heavy atom. The largest absolute Gasteiger partial charge is 0.493 e. The predicted octanol–water partition coefficient (Wildman–Crippen LogP) is 5.68. The number of hydrogen-bond acceptors (Lipinski definition) is 4. The third-order valence-corrected chi connectivity index (χ3v) is 5.48. The SMILES string of the molecule is COc1cc(/C=C(\C#N)C(=O)NC(C)c2ccc(C)c(C)c2)ccc1OCc1ccccc1. The number of amides is 1. The van der Waals surface area contributed by atoms with Gasteiger partial charge in [-0.05, 0) is 66.8 Å². The number of ether oxygens (including phenoxy) is 2. The number of nitrogens with zero attached hydrogens (tertiary/aromatic N) is 1. The number of nitrogens with one attached hydrogen (secondary N) is 1. The summed E-state index contributed by atoms with van der Waals surface area (Å²) in [5.41, 5.74) is 5.08. The van der Waals surface area contributed by atoms with E-state index in [0.29, 0.717) is 23.7 Å². The summed E-state index contributed by atoms with van der Waals surface area (Å²) in [6, 6.07) is 23.0. The second-order valence-corrected chi connectivity index (χ2v) is 7.89. The Hall–Kier alpha value is -4.04. The molecule has 0 aliphatic heterocycles. The third kappa shape index (κ3) is 6.24. The molecule has 33 heavy (non-hydrogen) atoms. The lowest BCUT2D eigenvalue weighted by Crippen LogP contribution is -2.27. The maximum Gasteiger partial charge on any atom is 0.262 e. The Bertz CT molecular complexity index is 1190. The fourth-order valence-corrected chi connectivity index (χ4v) is 3.34. The summed E-state index contributed by atoms with van der Waals surface area (Å²) in [5, 5.41) is 12.5. The average Bonchev–Trinajstić information content (AvgIpc) is 2.83. The first-order valence-electron chi connectivity index (χ1n) is 10.8. The van der Waals surface area contributed by atoms with Crippen molar-refractivity contribution in [1.29, 1.82) is 5.26 Å². The summed E-state index contributed by atoms with van der Waals surface area (Å²) in [4.78, 5) is 12.7. The van der Waals surface area contributed by atoms with Gasteiger partial charge in [0.1, 0.15) is 18.2 Å². The molecule has 3 aromatic rings. The predicted molar refractivity (Wildman–Crippen MR) is 130 cm³/mol. The Labute approximate surface area is 195 Å². The number of carbonyl (C=O) groups is 1. The highest BCUT2D eigenvalue weighted by Crippen LogP contribution is 2.30. The standard InChI is InChI=1S/C28H28N2O3/c1-19-10-12-24(14-20(19)2)21(3)30-28(31)25(17-29)15-23-11-13-26(27(16-23)32-4)33-18-22-8-6-5-7-9-22/h5-16,21H,18H2,1-4H3,(H,30,31)/b25-15+. The maximum absolute atomic E-state index is 12.7. The number of nitriles is 1. The highest BCUT2D eigenvalue weighted by atomic mass is 16.5. The van der Waals surface area contributed by atoms with E-state index in [-0.39, 0.29) is 11.6 Å². The second kappa shape index (κ2) is 11.0. The molecule has 1 atom stereocenters. The second-order valence-electron chi connectivity index (χ2n) is 7.89. The molecule has 0 aliphatic rings. The number of hydrogen-bond donors (Lipinski definition) is 1. The van der Waals surface area contributed by atoms with Gasteiger partial charge >= 0.3 is 0 Å². The molecule has 3 aromatic carbocycles. The van der Waals surface area contributed by atoms with E-state index >= 15 is 0 Å². The van der Waals surface area contributed by atoms with Crippen LogP contribution in [0.3, 0.4) is 0 Å². The quantitative estimate of drug-likeness (QED) is 0.362. The molecule has 5 heteroatoms. The van der Waals surface area contributed by atoms with Crippen molar-refractivity contribution in [1.82, 2.24) is 5.32 Å². The Morgan fingerprint density at radius 3 is 2.45 bits per heavy atom. The van der Waals surface area contributed by atoms with Gasteiger partial charge in [-0.25, -0.2) is 0 Å². The molecule has 0 heterocycles. The van der Waals surface area contributed by atoms with Crippen molar-refractivity contribution in [2.24, 2.45) is 0 Å². The summed E-state index contributed by atoms with van der Waals surface area (Å²) >= 11 is 0. The molecule has 0 spiro atoms. The van der Waals surface area contributed by atoms with E-state index in [0.717, 1.165) is 16.7 Å². The lowest BCUT2D eigenvalue weighted by atomic mass is 10.0. The van der Waals surface area contributed by atoms with Crippen LogP contribution in [0.2, 0.25) is 0 Å². The van der Waals surface area contributed by atoms with Gasteiger partial charge in [-0.3, -0.25) is 4.79 Å². The first-order chi connectivity index (χ1) is 15.9. The van der Waals surface area contributed by atoms with Gasteiger partial charge in [0, 0.05) is 0 Å². The minimum atomic E-state index is -0.424. The molecule has 0 aromatic heterocycles. The molecule has 1 N–H and O–H groups in total. The zero-order chi connectivity index (χ0) is 23.8. The third-order valence-electron chi connectivity index (χ3n) is 5.48. The minimum Gasteiger partial charge on any atom is -0.493 e. The van der Waals surface area contributed by atoms with Crippen LogP contribution in [0.25, 0.3) is 6.08 Å². The molecule has 0 saturated heterocycles. The van der Waals surface area contributed by atoms with Gasteiger partial charge < -0.3 is 14.8 Å². The van der Waals surface area contributed by atoms with Crippen molar-refractivity contribution in [2.75, 3.05) is 7.11 Å². The molecule has 1 amide bonds. The van der Waals surface area contributed by atoms with Crippen LogP contribution in [-0.4, -0.2) is 13.0 Å². The van der Waals surface area contributed by atoms with Crippen molar-refractivity contribution in [3.05, 3.63) is 100 Å². The highest BCUT2D eigenvalue weighted by molar-refractivity contribution is 6.01. The molecular formula is C28H28N2O3. The smallest absolute Gasteiger partial charge is 0.262 e. The van der Waals surface area contributed by atoms with E-state index in [2.05, 4.69) is 11.4 Å². The zero-order valence-electron chi connectivity index (χ0n) is 19.4. The number of aryl methyl sites for hydroxylation is 2. The molecule has 0 saturated carbocycles. The van der Waals surface area contributed by atoms with Crippen LogP contribution in [0, 0.1) is 25.2 Å². The highest BCUT2D eigenvalue weighted by Gasteiger charge is 2.15. The number of benzene rings is 3. The van der Waals surface area contributed by atoms with Crippen LogP contribution in [0.4, 0.5) is 0 Å². The molecule has 168 valence electrons. The lowest BCUT2D eigenvalue weighted by Gasteiger charge is -2.15. The van der Waals surface area contributed by atoms with Gasteiger partial charge in [-0.1, -0.05) is 54.6 Å². The maximum atomic E-state index is 12.7. The van der Waals surface area contributed by atoms with Crippen LogP contribution in [0.15, 0.2) is 72.3 Å². The van der Waals surface area contributed by atoms with Crippen LogP contribution in [0.5, 0.6) is 11.5 Å². The number of rotatable bonds is 8. The van der Waals surface area contributed by atoms with Crippen LogP contribution in [0.1, 0.15) is 40.8 Å². The first kappa shape index (κ1) is 23.6. The van der Waals surface area contributed by atoms with E-state index in [1.807, 2.05) is 69.3 Å². The van der Waals surface area contributed by atoms with E-state index in [1.54, 1.807) is 31.4 Å². The van der Waals surface area contributed by atoms with Gasteiger partial charge in [0.25, 0.3) is 5.91 Å². The van der Waals surface area contributed by atoms with Crippen molar-refractivity contribution < 1.29 is 14.3 Å². The van der Waals surface area contributed by atoms with E-state index in [1.165, 1.54) is 5.56 Å². The van der Waals surface area contributed by atoms with Gasteiger partial charge in [0.2, 0.25) is 0 Å². The van der Waals surface area contributed by atoms with Crippen LogP contribution >= 0.6 is 0 Å². The monoisotopic (exact) mass is 440 g/mol. The number of methoxy groups -OCH3 is 1. The van der Waals surface area contributed by atoms with E-state index in [9.17, 15) is 10.1 Å². The first-order valence-corrected chi connectivity index (χ1v) is 10.8.